The monoisotopic (exact) mass is 331 g/mol. The Bertz CT molecular complexity index is 635. The summed E-state index contributed by atoms with van der Waals surface area (Å²) in [4.78, 5) is 28.9. The van der Waals surface area contributed by atoms with Crippen molar-refractivity contribution in [1.29, 1.82) is 0 Å². The Kier molecular flexibility index (Phi) is 4.70. The van der Waals surface area contributed by atoms with Gasteiger partial charge in [-0.2, -0.15) is 0 Å². The Morgan fingerprint density at radius 2 is 1.67 bits per heavy atom. The third-order valence-electron chi connectivity index (χ3n) is 5.13. The Morgan fingerprint density at radius 1 is 1.08 bits per heavy atom. The second kappa shape index (κ2) is 6.61. The fourth-order valence-electron chi connectivity index (χ4n) is 3.70. The van der Waals surface area contributed by atoms with Crippen LogP contribution < -0.4 is 0 Å². The SMILES string of the molecule is Cc1cc(C(=O)N2CCN(C(=O)CC(C)C)CC2)c(C)n1C1CC1. The van der Waals surface area contributed by atoms with Crippen molar-refractivity contribution >= 4 is 11.8 Å². The van der Waals surface area contributed by atoms with E-state index in [0.717, 1.165) is 11.3 Å². The van der Waals surface area contributed by atoms with Crippen LogP contribution in [-0.4, -0.2) is 52.4 Å². The summed E-state index contributed by atoms with van der Waals surface area (Å²) in [5, 5.41) is 0. The van der Waals surface area contributed by atoms with Gasteiger partial charge in [0, 0.05) is 50.0 Å². The molecule has 24 heavy (non-hydrogen) atoms. The maximum absolute atomic E-state index is 12.9. The number of hydrogen-bond donors (Lipinski definition) is 0. The Balaban J connectivity index is 1.63. The lowest BCUT2D eigenvalue weighted by Crippen LogP contribution is -2.50. The van der Waals surface area contributed by atoms with Crippen LogP contribution in [0.3, 0.4) is 0 Å². The standard InChI is InChI=1S/C19H29N3O2/c1-13(2)11-18(23)20-7-9-21(10-8-20)19(24)17-12-14(3)22(15(17)4)16-5-6-16/h12-13,16H,5-11H2,1-4H3. The lowest BCUT2D eigenvalue weighted by atomic mass is 10.1. The summed E-state index contributed by atoms with van der Waals surface area (Å²) in [7, 11) is 0. The lowest BCUT2D eigenvalue weighted by molar-refractivity contribution is -0.133. The Labute approximate surface area is 144 Å². The van der Waals surface area contributed by atoms with Gasteiger partial charge in [0.2, 0.25) is 5.91 Å². The zero-order chi connectivity index (χ0) is 17.4. The molecule has 0 spiro atoms. The molecular formula is C19H29N3O2. The van der Waals surface area contributed by atoms with E-state index in [1.165, 1.54) is 18.5 Å². The van der Waals surface area contributed by atoms with Crippen molar-refractivity contribution in [2.45, 2.75) is 53.0 Å². The summed E-state index contributed by atoms with van der Waals surface area (Å²) < 4.78 is 2.32. The molecule has 0 aromatic carbocycles. The summed E-state index contributed by atoms with van der Waals surface area (Å²) in [6.07, 6.45) is 3.04. The van der Waals surface area contributed by atoms with E-state index in [1.807, 2.05) is 15.9 Å². The van der Waals surface area contributed by atoms with Crippen LogP contribution in [0.4, 0.5) is 0 Å². The van der Waals surface area contributed by atoms with E-state index < -0.39 is 0 Å². The number of rotatable bonds is 4. The summed E-state index contributed by atoms with van der Waals surface area (Å²) in [6, 6.07) is 2.63. The van der Waals surface area contributed by atoms with E-state index in [-0.39, 0.29) is 11.8 Å². The first-order chi connectivity index (χ1) is 11.4. The second-order valence-electron chi connectivity index (χ2n) is 7.66. The number of aryl methyl sites for hydroxylation is 1. The van der Waals surface area contributed by atoms with Crippen LogP contribution in [0, 0.1) is 19.8 Å². The molecule has 2 heterocycles. The van der Waals surface area contributed by atoms with Crippen molar-refractivity contribution in [2.24, 2.45) is 5.92 Å². The molecule has 0 bridgehead atoms. The van der Waals surface area contributed by atoms with E-state index in [9.17, 15) is 9.59 Å². The molecule has 5 heteroatoms. The first-order valence-electron chi connectivity index (χ1n) is 9.14. The lowest BCUT2D eigenvalue weighted by Gasteiger charge is -2.35. The van der Waals surface area contributed by atoms with Crippen LogP contribution in [0.25, 0.3) is 0 Å². The Hall–Kier alpha value is -1.78. The normalized spacial score (nSPS) is 18.4. The molecule has 1 aliphatic heterocycles. The molecule has 1 aliphatic carbocycles. The fourth-order valence-corrected chi connectivity index (χ4v) is 3.70. The van der Waals surface area contributed by atoms with Crippen LogP contribution >= 0.6 is 0 Å². The molecular weight excluding hydrogens is 302 g/mol. The molecule has 3 rings (SSSR count). The number of amides is 2. The zero-order valence-electron chi connectivity index (χ0n) is 15.3. The van der Waals surface area contributed by atoms with Gasteiger partial charge >= 0.3 is 0 Å². The number of carbonyl (C=O) groups is 2. The van der Waals surface area contributed by atoms with Gasteiger partial charge in [-0.3, -0.25) is 9.59 Å². The highest BCUT2D eigenvalue weighted by Crippen LogP contribution is 2.38. The molecule has 5 nitrogen and oxygen atoms in total. The highest BCUT2D eigenvalue weighted by Gasteiger charge is 2.31. The van der Waals surface area contributed by atoms with Gasteiger partial charge in [-0.15, -0.1) is 0 Å². The summed E-state index contributed by atoms with van der Waals surface area (Å²) >= 11 is 0. The fraction of sp³-hybridized carbons (Fsp3) is 0.684. The quantitative estimate of drug-likeness (QED) is 0.851. The molecule has 2 amide bonds. The molecule has 132 valence electrons. The molecule has 1 saturated heterocycles. The number of aromatic nitrogens is 1. The summed E-state index contributed by atoms with van der Waals surface area (Å²) in [5.74, 6) is 0.708. The smallest absolute Gasteiger partial charge is 0.255 e. The van der Waals surface area contributed by atoms with E-state index >= 15 is 0 Å². The van der Waals surface area contributed by atoms with Gasteiger partial charge in [0.05, 0.1) is 5.56 Å². The van der Waals surface area contributed by atoms with Gasteiger partial charge < -0.3 is 14.4 Å². The molecule has 1 saturated carbocycles. The second-order valence-corrected chi connectivity index (χ2v) is 7.66. The van der Waals surface area contributed by atoms with Crippen LogP contribution in [0.2, 0.25) is 0 Å². The van der Waals surface area contributed by atoms with Crippen molar-refractivity contribution < 1.29 is 9.59 Å². The molecule has 0 atom stereocenters. The van der Waals surface area contributed by atoms with Gasteiger partial charge in [-0.1, -0.05) is 13.8 Å². The average molecular weight is 331 g/mol. The molecule has 1 aromatic heterocycles. The summed E-state index contributed by atoms with van der Waals surface area (Å²) in [5.41, 5.74) is 3.11. The molecule has 0 radical (unpaired) electrons. The van der Waals surface area contributed by atoms with Gasteiger partial charge in [-0.05, 0) is 38.7 Å². The van der Waals surface area contributed by atoms with Crippen LogP contribution in [-0.2, 0) is 4.79 Å². The van der Waals surface area contributed by atoms with E-state index in [1.54, 1.807) is 0 Å². The topological polar surface area (TPSA) is 45.6 Å². The van der Waals surface area contributed by atoms with Gasteiger partial charge in [0.15, 0.2) is 0 Å². The van der Waals surface area contributed by atoms with E-state index in [2.05, 4.69) is 32.3 Å². The van der Waals surface area contributed by atoms with E-state index in [0.29, 0.717) is 44.6 Å². The van der Waals surface area contributed by atoms with Crippen molar-refractivity contribution in [3.63, 3.8) is 0 Å². The van der Waals surface area contributed by atoms with Crippen LogP contribution in [0.5, 0.6) is 0 Å². The highest BCUT2D eigenvalue weighted by atomic mass is 16.2. The minimum Gasteiger partial charge on any atom is -0.345 e. The minimum atomic E-state index is 0.117. The molecule has 2 aliphatic rings. The summed E-state index contributed by atoms with van der Waals surface area (Å²) in [6.45, 7) is 10.8. The maximum Gasteiger partial charge on any atom is 0.255 e. The first kappa shape index (κ1) is 17.1. The number of nitrogens with zero attached hydrogens (tertiary/aromatic N) is 3. The highest BCUT2D eigenvalue weighted by molar-refractivity contribution is 5.96. The third kappa shape index (κ3) is 3.35. The van der Waals surface area contributed by atoms with Gasteiger partial charge in [-0.25, -0.2) is 0 Å². The number of piperazine rings is 1. The average Bonchev–Trinajstić information content (AvgIpc) is 3.32. The van der Waals surface area contributed by atoms with Crippen molar-refractivity contribution in [1.82, 2.24) is 14.4 Å². The third-order valence-corrected chi connectivity index (χ3v) is 5.13. The van der Waals surface area contributed by atoms with Gasteiger partial charge in [0.1, 0.15) is 0 Å². The maximum atomic E-state index is 12.9. The first-order valence-corrected chi connectivity index (χ1v) is 9.14. The predicted molar refractivity (Wildman–Crippen MR) is 94.1 cm³/mol. The molecule has 1 aromatic rings. The van der Waals surface area contributed by atoms with Crippen LogP contribution in [0.1, 0.15) is 60.9 Å². The number of hydrogen-bond acceptors (Lipinski definition) is 2. The molecule has 0 N–H and O–H groups in total. The largest absolute Gasteiger partial charge is 0.345 e. The van der Waals surface area contributed by atoms with Crippen molar-refractivity contribution in [3.8, 4) is 0 Å². The zero-order valence-corrected chi connectivity index (χ0v) is 15.3. The predicted octanol–water partition coefficient (Wildman–Crippen LogP) is 2.77. The van der Waals surface area contributed by atoms with Crippen molar-refractivity contribution in [2.75, 3.05) is 26.2 Å². The van der Waals surface area contributed by atoms with Crippen LogP contribution in [0.15, 0.2) is 6.07 Å². The van der Waals surface area contributed by atoms with Crippen molar-refractivity contribution in [3.05, 3.63) is 23.0 Å². The molecule has 2 fully saturated rings. The minimum absolute atomic E-state index is 0.117. The number of carbonyl (C=O) groups excluding carboxylic acids is 2. The van der Waals surface area contributed by atoms with Gasteiger partial charge in [0.25, 0.3) is 5.91 Å². The van der Waals surface area contributed by atoms with E-state index in [4.69, 9.17) is 0 Å². The Morgan fingerprint density at radius 3 is 2.21 bits per heavy atom. The molecule has 0 unspecified atom stereocenters.